The summed E-state index contributed by atoms with van der Waals surface area (Å²) in [5, 5.41) is 20.7. The monoisotopic (exact) mass is 1160 g/mol. The van der Waals surface area contributed by atoms with E-state index < -0.39 is 133 Å². The van der Waals surface area contributed by atoms with E-state index in [0.29, 0.717) is 6.42 Å². The maximum absolute atomic E-state index is 14.8. The van der Waals surface area contributed by atoms with Crippen LogP contribution in [0.1, 0.15) is 149 Å². The molecule has 1 aliphatic heterocycles. The second kappa shape index (κ2) is 34.0. The van der Waals surface area contributed by atoms with Crippen molar-refractivity contribution < 1.29 is 53.1 Å². The summed E-state index contributed by atoms with van der Waals surface area (Å²) in [6.45, 7) is 30.4. The molecule has 0 bridgehead atoms. The predicted molar refractivity (Wildman–Crippen MR) is 320 cm³/mol. The number of Topliss-reactive ketones (excluding diaryl/α,β-unsaturated/α-hetero) is 1. The van der Waals surface area contributed by atoms with Crippen LogP contribution in [-0.4, -0.2) is 215 Å². The number of aliphatic hydroxyl groups is 1. The lowest BCUT2D eigenvalue weighted by atomic mass is 9.85. The average Bonchev–Trinajstić information content (AvgIpc) is 3.55. The van der Waals surface area contributed by atoms with E-state index >= 15 is 0 Å². The number of allylic oxidation sites excluding steroid dienone is 2. The number of rotatable bonds is 14. The maximum atomic E-state index is 14.8. The largest absolute Gasteiger partial charge is 0.390 e. The second-order valence-electron chi connectivity index (χ2n) is 25.2. The molecular weight excluding hydrogens is 1050 g/mol. The van der Waals surface area contributed by atoms with Crippen LogP contribution < -0.4 is 16.0 Å². The van der Waals surface area contributed by atoms with Crippen LogP contribution in [0, 0.1) is 41.4 Å². The smallest absolute Gasteiger partial charge is 0.246 e. The van der Waals surface area contributed by atoms with Crippen LogP contribution in [0.15, 0.2) is 24.4 Å². The van der Waals surface area contributed by atoms with Gasteiger partial charge in [-0.3, -0.25) is 47.9 Å². The summed E-state index contributed by atoms with van der Waals surface area (Å²) in [5.74, 6) is -7.82. The summed E-state index contributed by atoms with van der Waals surface area (Å²) in [6.07, 6.45) is 3.21. The number of carbonyl (C=O) groups excluding carboxylic acids is 10. The lowest BCUT2D eigenvalue weighted by molar-refractivity contribution is -0.153. The van der Waals surface area contributed by atoms with Crippen molar-refractivity contribution in [1.82, 2.24) is 50.2 Å². The third kappa shape index (κ3) is 21.4. The molecule has 0 saturated carbocycles. The molecule has 9 amide bonds. The summed E-state index contributed by atoms with van der Waals surface area (Å²) >= 11 is 0. The molecule has 0 aliphatic carbocycles. The molecule has 11 atom stereocenters. The lowest BCUT2D eigenvalue weighted by Crippen LogP contribution is -2.61. The predicted octanol–water partition coefficient (Wildman–Crippen LogP) is 4.32. The van der Waals surface area contributed by atoms with Crippen molar-refractivity contribution in [1.29, 1.82) is 0 Å². The number of hydrogen-bond acceptors (Lipinski definition) is 12. The number of carbonyl (C=O) groups is 10. The summed E-state index contributed by atoms with van der Waals surface area (Å²) in [6, 6.07) is -8.60. The van der Waals surface area contributed by atoms with E-state index in [9.17, 15) is 53.1 Å². The van der Waals surface area contributed by atoms with Crippen LogP contribution in [0.25, 0.3) is 0 Å². The summed E-state index contributed by atoms with van der Waals surface area (Å²) in [7, 11) is 10.1. The Balaban J connectivity index is 4.17. The minimum absolute atomic E-state index is 0.0434. The van der Waals surface area contributed by atoms with Crippen molar-refractivity contribution in [3.63, 3.8) is 0 Å². The van der Waals surface area contributed by atoms with Crippen molar-refractivity contribution >= 4 is 58.9 Å². The number of hydrogen-bond donors (Lipinski definition) is 4. The Bertz CT molecular complexity index is 2230. The SMILES string of the molecule is C=C1N[C@H](C)C(=O)N(C)[C@@H](CC(C)C)C(=O)N(C)[C@@H](CC(C)C)C(=O)N(C)CC(=O)N(C)[C@@H]([C@H](O)[C@H](C)C/C=C/C)C(=O)N[C@@H](CC)C(=O)N(C)CC(=O)N(C)[C@@H](CC(C)C)C(=O)C[C@@H](C(C)C)C(=O)N(C)[C@@H](CC(C)C)C(=O)N[C@H]1C. The topological polar surface area (TPSA) is 250 Å². The van der Waals surface area contributed by atoms with E-state index in [4.69, 9.17) is 0 Å². The van der Waals surface area contributed by atoms with Gasteiger partial charge >= 0.3 is 0 Å². The minimum atomic E-state index is -1.56. The van der Waals surface area contributed by atoms with E-state index in [1.165, 1.54) is 73.8 Å². The standard InChI is InChI=1S/C61H108N10O11/c1-24-26-27-40(13)54(75)53-56(77)64-45(25-2)59(80)65(17)33-51(73)67(19)46(28-35(3)4)50(72)32-44(39(11)12)58(79)68(20)47(29-36(5)6)55(76)63-42(15)41(14)62-43(16)57(78)69(21)49(31-38(9)10)61(82)70(22)48(30-37(7)8)60(81)66(18)34-52(74)71(53)23/h24,26,35-40,42-49,53-54,62,75H,14,25,27-34H2,1-13,15-23H3,(H,63,76)(H,64,77)/b26-24+/t40-,42+,43-,44+,45+,46+,47+,48+,49+,53+,54-/m1/s1. The van der Waals surface area contributed by atoms with Crippen LogP contribution >= 0.6 is 0 Å². The highest BCUT2D eigenvalue weighted by Crippen LogP contribution is 2.26. The van der Waals surface area contributed by atoms with E-state index in [-0.39, 0.29) is 79.6 Å². The molecule has 0 aromatic carbocycles. The van der Waals surface area contributed by atoms with E-state index in [1.807, 2.05) is 75.3 Å². The molecule has 0 spiro atoms. The molecule has 0 unspecified atom stereocenters. The van der Waals surface area contributed by atoms with Gasteiger partial charge in [0.1, 0.15) is 36.3 Å². The maximum Gasteiger partial charge on any atom is 0.246 e. The van der Waals surface area contributed by atoms with Gasteiger partial charge in [-0.25, -0.2) is 0 Å². The van der Waals surface area contributed by atoms with Crippen molar-refractivity contribution in [3.05, 3.63) is 24.4 Å². The van der Waals surface area contributed by atoms with Crippen molar-refractivity contribution in [3.8, 4) is 0 Å². The van der Waals surface area contributed by atoms with E-state index in [0.717, 1.165) is 9.80 Å². The Kier molecular flexibility index (Phi) is 30.8. The molecule has 1 rings (SSSR count). The van der Waals surface area contributed by atoms with E-state index in [1.54, 1.807) is 40.7 Å². The Morgan fingerprint density at radius 1 is 0.537 bits per heavy atom. The number of nitrogens with one attached hydrogen (secondary N) is 3. The van der Waals surface area contributed by atoms with Gasteiger partial charge in [-0.15, -0.1) is 0 Å². The summed E-state index contributed by atoms with van der Waals surface area (Å²) in [5.41, 5.74) is 0.280. The fraction of sp³-hybridized carbons (Fsp3) is 0.770. The highest BCUT2D eigenvalue weighted by atomic mass is 16.3. The first-order valence-electron chi connectivity index (χ1n) is 29.6. The van der Waals surface area contributed by atoms with Gasteiger partial charge < -0.3 is 55.4 Å². The highest BCUT2D eigenvalue weighted by molar-refractivity contribution is 5.98. The third-order valence-electron chi connectivity index (χ3n) is 15.8. The van der Waals surface area contributed by atoms with Crippen molar-refractivity contribution in [2.45, 2.75) is 203 Å². The zero-order valence-electron chi connectivity index (χ0n) is 54.1. The number of nitrogens with zero attached hydrogens (tertiary/aromatic N) is 7. The number of aliphatic hydroxyl groups excluding tert-OH is 1. The molecule has 1 aliphatic rings. The molecule has 1 fully saturated rings. The molecule has 468 valence electrons. The van der Waals surface area contributed by atoms with Gasteiger partial charge in [-0.05, 0) is 94.8 Å². The van der Waals surface area contributed by atoms with E-state index in [2.05, 4.69) is 22.5 Å². The first-order chi connectivity index (χ1) is 37.9. The highest BCUT2D eigenvalue weighted by Gasteiger charge is 2.43. The Labute approximate surface area is 492 Å². The number of amides is 9. The van der Waals surface area contributed by atoms with Gasteiger partial charge in [0, 0.05) is 67.4 Å². The van der Waals surface area contributed by atoms with Gasteiger partial charge in [-0.1, -0.05) is 102 Å². The van der Waals surface area contributed by atoms with Crippen LogP contribution in [0.5, 0.6) is 0 Å². The Morgan fingerprint density at radius 2 is 0.976 bits per heavy atom. The van der Waals surface area contributed by atoms with Crippen LogP contribution in [0.4, 0.5) is 0 Å². The van der Waals surface area contributed by atoms with Gasteiger partial charge in [0.15, 0.2) is 5.78 Å². The molecule has 82 heavy (non-hydrogen) atoms. The molecule has 21 heteroatoms. The molecular formula is C61H108N10O11. The second-order valence-corrected chi connectivity index (χ2v) is 25.2. The minimum Gasteiger partial charge on any atom is -0.390 e. The Hall–Kier alpha value is -5.86. The fourth-order valence-corrected chi connectivity index (χ4v) is 10.3. The van der Waals surface area contributed by atoms with Crippen molar-refractivity contribution in [2.75, 3.05) is 62.4 Å². The molecule has 1 heterocycles. The van der Waals surface area contributed by atoms with Crippen LogP contribution in [0.2, 0.25) is 0 Å². The molecule has 0 aromatic rings. The number of ketones is 1. The molecule has 0 aromatic heterocycles. The van der Waals surface area contributed by atoms with Crippen molar-refractivity contribution in [2.24, 2.45) is 41.4 Å². The Morgan fingerprint density at radius 3 is 1.45 bits per heavy atom. The fourth-order valence-electron chi connectivity index (χ4n) is 10.3. The zero-order valence-corrected chi connectivity index (χ0v) is 54.1. The molecule has 1 saturated heterocycles. The van der Waals surface area contributed by atoms with Crippen LogP contribution in [-0.2, 0) is 47.9 Å². The normalized spacial score (nSPS) is 26.6. The average molecular weight is 1160 g/mol. The first-order valence-corrected chi connectivity index (χ1v) is 29.6. The first kappa shape index (κ1) is 74.2. The van der Waals surface area contributed by atoms with Gasteiger partial charge in [0.25, 0.3) is 0 Å². The molecule has 4 N–H and O–H groups in total. The molecule has 21 nitrogen and oxygen atoms in total. The molecule has 0 radical (unpaired) electrons. The van der Waals surface area contributed by atoms with Gasteiger partial charge in [0.05, 0.1) is 31.3 Å². The zero-order chi connectivity index (χ0) is 63.5. The van der Waals surface area contributed by atoms with Gasteiger partial charge in [0.2, 0.25) is 53.2 Å². The lowest BCUT2D eigenvalue weighted by Gasteiger charge is -2.38. The summed E-state index contributed by atoms with van der Waals surface area (Å²) in [4.78, 5) is 153. The number of likely N-dealkylation sites (N-methyl/N-ethyl adjacent to an activating group) is 7. The quantitative estimate of drug-likeness (QED) is 0.178. The third-order valence-corrected chi connectivity index (χ3v) is 15.8. The summed E-state index contributed by atoms with van der Waals surface area (Å²) < 4.78 is 0. The van der Waals surface area contributed by atoms with Crippen LogP contribution in [0.3, 0.4) is 0 Å². The van der Waals surface area contributed by atoms with Gasteiger partial charge in [-0.2, -0.15) is 0 Å².